The van der Waals surface area contributed by atoms with E-state index in [1.807, 2.05) is 26.1 Å². The van der Waals surface area contributed by atoms with Crippen molar-refractivity contribution in [2.24, 2.45) is 0 Å². The Bertz CT molecular complexity index is 782. The van der Waals surface area contributed by atoms with Crippen LogP contribution in [0.3, 0.4) is 0 Å². The molecule has 0 amide bonds. The number of benzene rings is 2. The van der Waals surface area contributed by atoms with Crippen molar-refractivity contribution in [1.29, 1.82) is 0 Å². The van der Waals surface area contributed by atoms with Crippen LogP contribution in [-0.2, 0) is 27.6 Å². The fourth-order valence-corrected chi connectivity index (χ4v) is 2.51. The summed E-state index contributed by atoms with van der Waals surface area (Å²) in [5.74, 6) is 1.75. The second kappa shape index (κ2) is 8.00. The number of fused-ring (bicyclic) bond motifs is 1. The zero-order valence-electron chi connectivity index (χ0n) is 13.5. The molecule has 5 heteroatoms. The van der Waals surface area contributed by atoms with Crippen LogP contribution < -0.4 is 15.0 Å². The summed E-state index contributed by atoms with van der Waals surface area (Å²) in [5, 5.41) is 5.35. The molecule has 0 aliphatic carbocycles. The molecule has 1 N–H and O–H groups in total. The van der Waals surface area contributed by atoms with Gasteiger partial charge in [-0.3, -0.25) is 0 Å². The number of anilines is 1. The predicted molar refractivity (Wildman–Crippen MR) is 87.7 cm³/mol. The molecule has 1 heterocycles. The van der Waals surface area contributed by atoms with E-state index in [-0.39, 0.29) is 0 Å². The minimum absolute atomic E-state index is 0.562. The van der Waals surface area contributed by atoms with Crippen molar-refractivity contribution in [2.45, 2.75) is 20.5 Å². The van der Waals surface area contributed by atoms with Gasteiger partial charge in [0.1, 0.15) is 12.4 Å². The van der Waals surface area contributed by atoms with Gasteiger partial charge in [0.2, 0.25) is 0 Å². The van der Waals surface area contributed by atoms with E-state index in [1.54, 1.807) is 0 Å². The van der Waals surface area contributed by atoms with Gasteiger partial charge in [0.15, 0.2) is 0 Å². The normalized spacial score (nSPS) is 10.0. The molecule has 0 bridgehead atoms. The number of hydrogen-bond acceptors (Lipinski definition) is 3. The van der Waals surface area contributed by atoms with Gasteiger partial charge < -0.3 is 15.0 Å². The second-order valence-corrected chi connectivity index (χ2v) is 5.25. The minimum atomic E-state index is 0.562. The molecule has 1 aromatic heterocycles. The summed E-state index contributed by atoms with van der Waals surface area (Å²) in [4.78, 5) is 4.54. The van der Waals surface area contributed by atoms with Gasteiger partial charge in [-0.25, -0.2) is 0 Å². The van der Waals surface area contributed by atoms with Gasteiger partial charge in [-0.2, -0.15) is 0 Å². The molecule has 119 valence electrons. The monoisotopic (exact) mass is 346 g/mol. The molecule has 0 radical (unpaired) electrons. The van der Waals surface area contributed by atoms with Crippen LogP contribution in [0.2, 0.25) is 0 Å². The van der Waals surface area contributed by atoms with Crippen molar-refractivity contribution in [2.75, 3.05) is 12.4 Å². The Hall–Kier alpha value is -2.04. The summed E-state index contributed by atoms with van der Waals surface area (Å²) in [7, 11) is 1.89. The summed E-state index contributed by atoms with van der Waals surface area (Å²) in [6, 6.07) is 14.5. The molecule has 2 aromatic carbocycles. The van der Waals surface area contributed by atoms with Crippen molar-refractivity contribution in [1.82, 2.24) is 4.98 Å². The number of nitrogens with zero attached hydrogens (tertiary/aromatic N) is 1. The quantitative estimate of drug-likeness (QED) is 0.778. The van der Waals surface area contributed by atoms with Gasteiger partial charge in [0.25, 0.3) is 0 Å². The summed E-state index contributed by atoms with van der Waals surface area (Å²) < 4.78 is 14.2. The Morgan fingerprint density at radius 2 is 1.78 bits per heavy atom. The second-order valence-electron chi connectivity index (χ2n) is 5.25. The van der Waals surface area contributed by atoms with Crippen molar-refractivity contribution in [3.8, 4) is 5.75 Å². The molecule has 0 spiro atoms. The Labute approximate surface area is 145 Å². The molecule has 0 saturated heterocycles. The molecular weight excluding hydrogens is 327 g/mol. The van der Waals surface area contributed by atoms with Crippen LogP contribution in [0.1, 0.15) is 16.8 Å². The van der Waals surface area contributed by atoms with Crippen molar-refractivity contribution in [3.63, 3.8) is 0 Å². The first kappa shape index (κ1) is 17.3. The third kappa shape index (κ3) is 3.84. The number of ether oxygens (including phenoxy) is 1. The van der Waals surface area contributed by atoms with Crippen molar-refractivity contribution in [3.05, 3.63) is 59.3 Å². The average molecular weight is 346 g/mol. The number of aromatic nitrogens is 1. The molecule has 0 aliphatic heterocycles. The molecule has 3 aromatic rings. The fraction of sp³-hybridized carbons (Fsp3) is 0.222. The Morgan fingerprint density at radius 1 is 1.09 bits per heavy atom. The van der Waals surface area contributed by atoms with Crippen LogP contribution in [-0.4, -0.2) is 7.05 Å². The van der Waals surface area contributed by atoms with Gasteiger partial charge in [0, 0.05) is 5.39 Å². The van der Waals surface area contributed by atoms with E-state index in [4.69, 9.17) is 8.41 Å². The molecule has 4 nitrogen and oxygen atoms in total. The summed E-state index contributed by atoms with van der Waals surface area (Å²) in [6.45, 7) is 4.67. The Kier molecular flexibility index (Phi) is 6.02. The van der Waals surface area contributed by atoms with Gasteiger partial charge in [0.05, 0.1) is 0 Å². The maximum atomic E-state index is 8.19. The molecule has 0 unspecified atom stereocenters. The van der Waals surface area contributed by atoms with Crippen LogP contribution in [0.25, 0.3) is 10.8 Å². The van der Waals surface area contributed by atoms with Gasteiger partial charge in [-0.15, -0.1) is 0 Å². The van der Waals surface area contributed by atoms with E-state index in [0.717, 1.165) is 45.4 Å². The van der Waals surface area contributed by atoms with Crippen LogP contribution in [0, 0.1) is 13.8 Å². The number of nitrogens with one attached hydrogen (secondary N) is 1. The predicted octanol–water partition coefficient (Wildman–Crippen LogP) is 3.91. The standard InChI is InChI=1S/C18H19N2O.O.V/c1-12-7-9-14(10-8-12)11-21-16-6-4-5-15-13(2)20-18(19-3)17(15)16;;/h4-10,19H,11H2,1-3H3;;/q-1;;. The van der Waals surface area contributed by atoms with E-state index in [9.17, 15) is 0 Å². The number of aryl methyl sites for hydroxylation is 2. The third-order valence-electron chi connectivity index (χ3n) is 3.68. The van der Waals surface area contributed by atoms with E-state index in [2.05, 4.69) is 47.6 Å². The Balaban J connectivity index is 0.000000924. The fourth-order valence-electron chi connectivity index (χ4n) is 2.51. The molecule has 0 fully saturated rings. The van der Waals surface area contributed by atoms with Gasteiger partial charge in [-0.1, -0.05) is 60.5 Å². The first-order valence-corrected chi connectivity index (χ1v) is 7.86. The van der Waals surface area contributed by atoms with Crippen LogP contribution in [0.4, 0.5) is 5.82 Å². The first-order chi connectivity index (χ1) is 11.2. The molecular formula is C18H19N2O2V-. The van der Waals surface area contributed by atoms with E-state index in [1.165, 1.54) is 11.1 Å². The van der Waals surface area contributed by atoms with Gasteiger partial charge >= 0.3 is 21.0 Å². The zero-order valence-corrected chi connectivity index (χ0v) is 14.9. The third-order valence-corrected chi connectivity index (χ3v) is 3.68. The van der Waals surface area contributed by atoms with Crippen molar-refractivity contribution >= 4 is 16.6 Å². The van der Waals surface area contributed by atoms with Crippen LogP contribution in [0.5, 0.6) is 5.75 Å². The number of hydrogen-bond donors (Lipinski definition) is 1. The zero-order chi connectivity index (χ0) is 16.8. The topological polar surface area (TPSA) is 52.4 Å². The maximum absolute atomic E-state index is 8.19. The average Bonchev–Trinajstić information content (AvgIpc) is 2.93. The summed E-state index contributed by atoms with van der Waals surface area (Å²) in [5.41, 5.74) is 3.45. The molecule has 3 rings (SSSR count). The van der Waals surface area contributed by atoms with Crippen LogP contribution >= 0.6 is 0 Å². The molecule has 23 heavy (non-hydrogen) atoms. The van der Waals surface area contributed by atoms with E-state index < -0.39 is 0 Å². The first-order valence-electron chi connectivity index (χ1n) is 7.29. The van der Waals surface area contributed by atoms with Crippen molar-refractivity contribution < 1.29 is 25.8 Å². The summed E-state index contributed by atoms with van der Waals surface area (Å²) in [6.07, 6.45) is 0. The molecule has 0 atom stereocenters. The summed E-state index contributed by atoms with van der Waals surface area (Å²) >= 11 is 1.06. The Morgan fingerprint density at radius 3 is 2.43 bits per heavy atom. The van der Waals surface area contributed by atoms with E-state index >= 15 is 0 Å². The van der Waals surface area contributed by atoms with Crippen LogP contribution in [0.15, 0.2) is 42.5 Å². The van der Waals surface area contributed by atoms with Gasteiger partial charge in [-0.05, 0) is 30.9 Å². The SMILES string of the molecule is CNc1[n-]c(C)c2cccc(OCc3ccc(C)cc3)c12.[O]=[V]. The molecule has 0 saturated carbocycles. The molecule has 0 aliphatic rings. The van der Waals surface area contributed by atoms with E-state index in [0.29, 0.717) is 6.61 Å². The number of rotatable bonds is 4.